The fourth-order valence-corrected chi connectivity index (χ4v) is 0.897. The minimum atomic E-state index is 0.632. The Morgan fingerprint density at radius 1 is 1.54 bits per heavy atom. The van der Waals surface area contributed by atoms with E-state index in [2.05, 4.69) is 9.98 Å². The van der Waals surface area contributed by atoms with Gasteiger partial charge in [0.15, 0.2) is 0 Å². The molecular formula is C10H15N3. The summed E-state index contributed by atoms with van der Waals surface area (Å²) in [5, 5.41) is 0. The van der Waals surface area contributed by atoms with Gasteiger partial charge in [-0.15, -0.1) is 0 Å². The first kappa shape index (κ1) is 9.71. The molecule has 70 valence electrons. The summed E-state index contributed by atoms with van der Waals surface area (Å²) in [5.41, 5.74) is 7.70. The average Bonchev–Trinajstić information content (AvgIpc) is 2.16. The normalized spacial score (nSPS) is 11.7. The Bertz CT molecular complexity index is 288. The fraction of sp³-hybridized carbons (Fsp3) is 0.400. The molecule has 0 aliphatic rings. The van der Waals surface area contributed by atoms with Crippen molar-refractivity contribution in [3.8, 4) is 0 Å². The topological polar surface area (TPSA) is 51.3 Å². The van der Waals surface area contributed by atoms with Crippen molar-refractivity contribution in [2.24, 2.45) is 10.7 Å². The Morgan fingerprint density at radius 3 is 2.85 bits per heavy atom. The van der Waals surface area contributed by atoms with Gasteiger partial charge in [0.25, 0.3) is 0 Å². The second-order valence-electron chi connectivity index (χ2n) is 2.97. The van der Waals surface area contributed by atoms with Gasteiger partial charge in [-0.25, -0.2) is 0 Å². The SMILES string of the molecule is CCC(N)=NCc1ccc(C)nc1. The minimum absolute atomic E-state index is 0.632. The number of nitrogens with zero attached hydrogens (tertiary/aromatic N) is 2. The molecule has 0 aliphatic carbocycles. The van der Waals surface area contributed by atoms with E-state index in [1.807, 2.05) is 32.2 Å². The summed E-state index contributed by atoms with van der Waals surface area (Å²) in [7, 11) is 0. The Labute approximate surface area is 78.7 Å². The third-order valence-electron chi connectivity index (χ3n) is 1.80. The summed E-state index contributed by atoms with van der Waals surface area (Å²) < 4.78 is 0. The van der Waals surface area contributed by atoms with E-state index in [1.54, 1.807) is 0 Å². The summed E-state index contributed by atoms with van der Waals surface area (Å²) in [6.07, 6.45) is 2.64. The Morgan fingerprint density at radius 2 is 2.31 bits per heavy atom. The standard InChI is InChI=1S/C10H15N3/c1-3-10(11)13-7-9-5-4-8(2)12-6-9/h4-6H,3,7H2,1-2H3,(H2,11,13). The van der Waals surface area contributed by atoms with Gasteiger partial charge in [0, 0.05) is 18.3 Å². The smallest absolute Gasteiger partial charge is 0.0938 e. The van der Waals surface area contributed by atoms with Gasteiger partial charge in [0.05, 0.1) is 12.4 Å². The van der Waals surface area contributed by atoms with Crippen LogP contribution in [0, 0.1) is 6.92 Å². The number of aryl methyl sites for hydroxylation is 1. The lowest BCUT2D eigenvalue weighted by Crippen LogP contribution is -2.09. The third-order valence-corrected chi connectivity index (χ3v) is 1.80. The van der Waals surface area contributed by atoms with Crippen molar-refractivity contribution in [2.45, 2.75) is 26.8 Å². The zero-order chi connectivity index (χ0) is 9.68. The van der Waals surface area contributed by atoms with Crippen LogP contribution in [-0.2, 0) is 6.54 Å². The van der Waals surface area contributed by atoms with Crippen LogP contribution < -0.4 is 5.73 Å². The molecule has 0 aromatic carbocycles. The molecule has 2 N–H and O–H groups in total. The van der Waals surface area contributed by atoms with Crippen LogP contribution in [0.5, 0.6) is 0 Å². The number of rotatable bonds is 3. The largest absolute Gasteiger partial charge is 0.387 e. The third kappa shape index (κ3) is 3.23. The second kappa shape index (κ2) is 4.60. The van der Waals surface area contributed by atoms with Crippen LogP contribution in [0.15, 0.2) is 23.3 Å². The number of hydrogen-bond donors (Lipinski definition) is 1. The molecule has 1 aromatic heterocycles. The van der Waals surface area contributed by atoms with Gasteiger partial charge < -0.3 is 5.73 Å². The number of pyridine rings is 1. The molecule has 0 unspecified atom stereocenters. The molecule has 0 bridgehead atoms. The number of nitrogens with two attached hydrogens (primary N) is 1. The van der Waals surface area contributed by atoms with Crippen molar-refractivity contribution < 1.29 is 0 Å². The monoisotopic (exact) mass is 177 g/mol. The molecule has 0 saturated carbocycles. The summed E-state index contributed by atoms with van der Waals surface area (Å²) in [5.74, 6) is 0.695. The van der Waals surface area contributed by atoms with Crippen molar-refractivity contribution in [3.63, 3.8) is 0 Å². The van der Waals surface area contributed by atoms with Crippen LogP contribution in [-0.4, -0.2) is 10.8 Å². The molecule has 1 rings (SSSR count). The van der Waals surface area contributed by atoms with E-state index in [9.17, 15) is 0 Å². The highest BCUT2D eigenvalue weighted by molar-refractivity contribution is 5.79. The fourth-order valence-electron chi connectivity index (χ4n) is 0.897. The van der Waals surface area contributed by atoms with E-state index in [0.717, 1.165) is 17.7 Å². The number of aromatic nitrogens is 1. The molecule has 0 amide bonds. The quantitative estimate of drug-likeness (QED) is 0.564. The van der Waals surface area contributed by atoms with Gasteiger partial charge >= 0.3 is 0 Å². The number of hydrogen-bond acceptors (Lipinski definition) is 2. The highest BCUT2D eigenvalue weighted by Gasteiger charge is 1.91. The van der Waals surface area contributed by atoms with Crippen molar-refractivity contribution in [2.75, 3.05) is 0 Å². The molecule has 3 heteroatoms. The lowest BCUT2D eigenvalue weighted by atomic mass is 10.2. The first-order chi connectivity index (χ1) is 6.22. The number of aliphatic imine (C=N–C) groups is 1. The van der Waals surface area contributed by atoms with Crippen molar-refractivity contribution >= 4 is 5.84 Å². The Kier molecular flexibility index (Phi) is 3.43. The highest BCUT2D eigenvalue weighted by atomic mass is 14.8. The van der Waals surface area contributed by atoms with Crippen LogP contribution in [0.1, 0.15) is 24.6 Å². The Balaban J connectivity index is 2.60. The van der Waals surface area contributed by atoms with Crippen molar-refractivity contribution in [1.29, 1.82) is 0 Å². The molecule has 1 heterocycles. The Hall–Kier alpha value is -1.38. The van der Waals surface area contributed by atoms with Gasteiger partial charge in [-0.2, -0.15) is 0 Å². The molecule has 0 atom stereocenters. The van der Waals surface area contributed by atoms with E-state index in [1.165, 1.54) is 0 Å². The molecule has 0 aliphatic heterocycles. The van der Waals surface area contributed by atoms with E-state index < -0.39 is 0 Å². The lowest BCUT2D eigenvalue weighted by molar-refractivity contribution is 1.01. The van der Waals surface area contributed by atoms with Crippen LogP contribution >= 0.6 is 0 Å². The van der Waals surface area contributed by atoms with Crippen molar-refractivity contribution in [1.82, 2.24) is 4.98 Å². The lowest BCUT2D eigenvalue weighted by Gasteiger charge is -1.98. The second-order valence-corrected chi connectivity index (χ2v) is 2.97. The van der Waals surface area contributed by atoms with Crippen LogP contribution in [0.25, 0.3) is 0 Å². The van der Waals surface area contributed by atoms with E-state index >= 15 is 0 Å². The highest BCUT2D eigenvalue weighted by Crippen LogP contribution is 2.00. The molecule has 0 saturated heterocycles. The minimum Gasteiger partial charge on any atom is -0.387 e. The van der Waals surface area contributed by atoms with Crippen LogP contribution in [0.3, 0.4) is 0 Å². The first-order valence-corrected chi connectivity index (χ1v) is 4.42. The van der Waals surface area contributed by atoms with Gasteiger partial charge in [-0.05, 0) is 18.6 Å². The molecule has 1 aromatic rings. The van der Waals surface area contributed by atoms with E-state index in [4.69, 9.17) is 5.73 Å². The maximum absolute atomic E-state index is 5.58. The predicted molar refractivity (Wildman–Crippen MR) is 54.6 cm³/mol. The predicted octanol–water partition coefficient (Wildman–Crippen LogP) is 1.66. The summed E-state index contributed by atoms with van der Waals surface area (Å²) in [4.78, 5) is 8.37. The summed E-state index contributed by atoms with van der Waals surface area (Å²) in [6, 6.07) is 4.00. The number of amidine groups is 1. The molecule has 0 fully saturated rings. The van der Waals surface area contributed by atoms with Gasteiger partial charge in [-0.3, -0.25) is 9.98 Å². The van der Waals surface area contributed by atoms with Gasteiger partial charge in [0.1, 0.15) is 0 Å². The maximum Gasteiger partial charge on any atom is 0.0938 e. The maximum atomic E-state index is 5.58. The van der Waals surface area contributed by atoms with E-state index in [-0.39, 0.29) is 0 Å². The molecule has 13 heavy (non-hydrogen) atoms. The molecular weight excluding hydrogens is 162 g/mol. The molecule has 0 radical (unpaired) electrons. The van der Waals surface area contributed by atoms with Crippen LogP contribution in [0.4, 0.5) is 0 Å². The zero-order valence-electron chi connectivity index (χ0n) is 8.12. The summed E-state index contributed by atoms with van der Waals surface area (Å²) in [6.45, 7) is 4.59. The molecule has 3 nitrogen and oxygen atoms in total. The van der Waals surface area contributed by atoms with Crippen LogP contribution in [0.2, 0.25) is 0 Å². The van der Waals surface area contributed by atoms with Gasteiger partial charge in [-0.1, -0.05) is 13.0 Å². The first-order valence-electron chi connectivity index (χ1n) is 4.42. The molecule has 0 spiro atoms. The summed E-state index contributed by atoms with van der Waals surface area (Å²) >= 11 is 0. The van der Waals surface area contributed by atoms with Gasteiger partial charge in [0.2, 0.25) is 0 Å². The van der Waals surface area contributed by atoms with Crippen molar-refractivity contribution in [3.05, 3.63) is 29.6 Å². The zero-order valence-corrected chi connectivity index (χ0v) is 8.12. The van der Waals surface area contributed by atoms with E-state index in [0.29, 0.717) is 12.4 Å². The average molecular weight is 177 g/mol.